The Labute approximate surface area is 219 Å². The van der Waals surface area contributed by atoms with E-state index in [1.54, 1.807) is 0 Å². The van der Waals surface area contributed by atoms with Gasteiger partial charge in [0, 0.05) is 13.1 Å². The maximum atomic E-state index is 12.8. The summed E-state index contributed by atoms with van der Waals surface area (Å²) < 4.78 is 0. The highest BCUT2D eigenvalue weighted by molar-refractivity contribution is 6.56. The third kappa shape index (κ3) is 3.23. The predicted octanol–water partition coefficient (Wildman–Crippen LogP) is 6.81. The molecule has 0 aliphatic carbocycles. The molecule has 32 heavy (non-hydrogen) atoms. The molecule has 2 heterocycles. The fraction of sp³-hybridized carbons (Fsp3) is 0.111. The van der Waals surface area contributed by atoms with E-state index >= 15 is 0 Å². The molecule has 0 atom stereocenters. The van der Waals surface area contributed by atoms with Crippen molar-refractivity contribution < 1.29 is 19.2 Å². The Bertz CT molecular complexity index is 1120. The smallest absolute Gasteiger partial charge is 0.263 e. The van der Waals surface area contributed by atoms with Crippen molar-refractivity contribution in [2.75, 3.05) is 13.1 Å². The van der Waals surface area contributed by atoms with Gasteiger partial charge in [-0.25, -0.2) is 0 Å². The number of nitrogens with zero attached hydrogens (tertiary/aromatic N) is 2. The average molecular weight is 596 g/mol. The van der Waals surface area contributed by atoms with Crippen LogP contribution in [0.15, 0.2) is 0 Å². The molecule has 2 aliphatic rings. The van der Waals surface area contributed by atoms with Crippen LogP contribution in [0.25, 0.3) is 0 Å². The zero-order valence-electron chi connectivity index (χ0n) is 15.0. The van der Waals surface area contributed by atoms with Crippen molar-refractivity contribution in [1.82, 2.24) is 9.80 Å². The first-order valence-corrected chi connectivity index (χ1v) is 11.4. The van der Waals surface area contributed by atoms with Gasteiger partial charge in [-0.1, -0.05) is 92.8 Å². The van der Waals surface area contributed by atoms with Crippen LogP contribution >= 0.6 is 92.8 Å². The van der Waals surface area contributed by atoms with Crippen LogP contribution in [0.4, 0.5) is 0 Å². The molecular weight excluding hydrogens is 592 g/mol. The third-order valence-electron chi connectivity index (χ3n) is 4.92. The Hall–Kier alpha value is -0.960. The van der Waals surface area contributed by atoms with E-state index in [1.165, 1.54) is 0 Å². The Kier molecular flexibility index (Phi) is 6.32. The average Bonchev–Trinajstić information content (AvgIpc) is 3.15. The van der Waals surface area contributed by atoms with Crippen molar-refractivity contribution in [2.24, 2.45) is 0 Å². The first-order valence-electron chi connectivity index (χ1n) is 8.36. The molecule has 0 radical (unpaired) electrons. The van der Waals surface area contributed by atoms with E-state index in [1.807, 2.05) is 0 Å². The van der Waals surface area contributed by atoms with Crippen molar-refractivity contribution in [3.63, 3.8) is 0 Å². The van der Waals surface area contributed by atoms with Gasteiger partial charge in [0.15, 0.2) is 0 Å². The van der Waals surface area contributed by atoms with Crippen molar-refractivity contribution in [3.8, 4) is 0 Å². The molecule has 2 aliphatic heterocycles. The van der Waals surface area contributed by atoms with Crippen LogP contribution in [-0.2, 0) is 0 Å². The number of fused-ring (bicyclic) bond motifs is 2. The van der Waals surface area contributed by atoms with E-state index < -0.39 is 23.6 Å². The van der Waals surface area contributed by atoms with Gasteiger partial charge in [0.2, 0.25) is 0 Å². The number of hydrogen-bond donors (Lipinski definition) is 0. The number of benzene rings is 2. The Morgan fingerprint density at radius 1 is 0.375 bits per heavy atom. The van der Waals surface area contributed by atoms with Gasteiger partial charge in [-0.15, -0.1) is 0 Å². The van der Waals surface area contributed by atoms with Gasteiger partial charge in [0.25, 0.3) is 23.6 Å². The Morgan fingerprint density at radius 2 is 0.562 bits per heavy atom. The van der Waals surface area contributed by atoms with Gasteiger partial charge in [-0.05, 0) is 0 Å². The molecule has 0 saturated heterocycles. The molecular formula is C18H4Cl8N2O4. The molecule has 0 unspecified atom stereocenters. The molecule has 0 N–H and O–H groups in total. The number of hydrogen-bond acceptors (Lipinski definition) is 4. The SMILES string of the molecule is O=C1c2c(Cl)c(Cl)c(Cl)c(Cl)c2C(=O)N1CCN1C(=O)c2c(Cl)c(Cl)c(Cl)c(Cl)c2C1=O. The highest BCUT2D eigenvalue weighted by Gasteiger charge is 2.44. The summed E-state index contributed by atoms with van der Waals surface area (Å²) in [6.07, 6.45) is 0. The number of imide groups is 2. The van der Waals surface area contributed by atoms with E-state index in [0.29, 0.717) is 0 Å². The molecule has 0 saturated carbocycles. The topological polar surface area (TPSA) is 74.8 Å². The zero-order chi connectivity index (χ0) is 23.8. The summed E-state index contributed by atoms with van der Waals surface area (Å²) in [7, 11) is 0. The quantitative estimate of drug-likeness (QED) is 0.222. The Morgan fingerprint density at radius 3 is 0.750 bits per heavy atom. The van der Waals surface area contributed by atoms with E-state index in [-0.39, 0.29) is 75.5 Å². The summed E-state index contributed by atoms with van der Waals surface area (Å²) in [5, 5.41) is -1.67. The monoisotopic (exact) mass is 592 g/mol. The van der Waals surface area contributed by atoms with Crippen LogP contribution in [0.5, 0.6) is 0 Å². The molecule has 4 amide bonds. The van der Waals surface area contributed by atoms with Crippen LogP contribution in [0.1, 0.15) is 41.4 Å². The second kappa shape index (κ2) is 8.36. The minimum absolute atomic E-state index is 0.182. The van der Waals surface area contributed by atoms with Crippen molar-refractivity contribution in [1.29, 1.82) is 0 Å². The fourth-order valence-corrected chi connectivity index (χ4v) is 5.43. The number of carbonyl (C=O) groups excluding carboxylic acids is 4. The zero-order valence-corrected chi connectivity index (χ0v) is 21.0. The highest BCUT2D eigenvalue weighted by Crippen LogP contribution is 2.46. The summed E-state index contributed by atoms with van der Waals surface area (Å²) >= 11 is 48.3. The fourth-order valence-electron chi connectivity index (χ4n) is 3.40. The summed E-state index contributed by atoms with van der Waals surface area (Å²) in [5.74, 6) is -3.24. The lowest BCUT2D eigenvalue weighted by atomic mass is 10.1. The van der Waals surface area contributed by atoms with Crippen molar-refractivity contribution >= 4 is 116 Å². The van der Waals surface area contributed by atoms with Gasteiger partial charge >= 0.3 is 0 Å². The van der Waals surface area contributed by atoms with E-state index in [0.717, 1.165) is 9.80 Å². The third-order valence-corrected chi connectivity index (χ3v) is 8.52. The first kappa shape index (κ1) is 24.2. The lowest BCUT2D eigenvalue weighted by molar-refractivity contribution is 0.0561. The molecule has 0 fully saturated rings. The van der Waals surface area contributed by atoms with Gasteiger partial charge < -0.3 is 0 Å². The first-order chi connectivity index (χ1) is 14.9. The molecule has 2 aromatic rings. The van der Waals surface area contributed by atoms with Crippen LogP contribution in [0.3, 0.4) is 0 Å². The number of halogens is 8. The number of carbonyl (C=O) groups is 4. The van der Waals surface area contributed by atoms with E-state index in [9.17, 15) is 19.2 Å². The van der Waals surface area contributed by atoms with E-state index in [4.69, 9.17) is 92.8 Å². The molecule has 0 bridgehead atoms. The molecule has 2 aromatic carbocycles. The lowest BCUT2D eigenvalue weighted by Gasteiger charge is -2.19. The maximum absolute atomic E-state index is 12.8. The summed E-state index contributed by atoms with van der Waals surface area (Å²) in [6, 6.07) is 0. The Balaban J connectivity index is 1.65. The van der Waals surface area contributed by atoms with Crippen molar-refractivity contribution in [2.45, 2.75) is 0 Å². The van der Waals surface area contributed by atoms with E-state index in [2.05, 4.69) is 0 Å². The standard InChI is InChI=1S/C18H4Cl8N2O4/c19-7-3-4(8(20)12(24)11(7)23)16(30)27(15(3)29)1-2-28-17(31)5-6(18(28)32)10(22)14(26)13(25)9(5)21/h1-2H2. The second-order valence-electron chi connectivity index (χ2n) is 6.54. The minimum Gasteiger partial charge on any atom is -0.272 e. The van der Waals surface area contributed by atoms with Gasteiger partial charge in [0.05, 0.1) is 62.4 Å². The number of rotatable bonds is 3. The lowest BCUT2D eigenvalue weighted by Crippen LogP contribution is -2.40. The largest absolute Gasteiger partial charge is 0.272 e. The summed E-state index contributed by atoms with van der Waals surface area (Å²) in [6.45, 7) is -0.757. The summed E-state index contributed by atoms with van der Waals surface area (Å²) in [4.78, 5) is 52.8. The molecule has 4 rings (SSSR count). The summed E-state index contributed by atoms with van der Waals surface area (Å²) in [5.41, 5.74) is -0.877. The minimum atomic E-state index is -0.811. The molecule has 0 aromatic heterocycles. The maximum Gasteiger partial charge on any atom is 0.263 e. The molecule has 6 nitrogen and oxygen atoms in total. The van der Waals surface area contributed by atoms with Crippen LogP contribution in [-0.4, -0.2) is 46.5 Å². The van der Waals surface area contributed by atoms with Crippen LogP contribution in [0, 0.1) is 0 Å². The van der Waals surface area contributed by atoms with Crippen molar-refractivity contribution in [3.05, 3.63) is 62.4 Å². The molecule has 14 heteroatoms. The van der Waals surface area contributed by atoms with Gasteiger partial charge in [-0.3, -0.25) is 29.0 Å². The van der Waals surface area contributed by atoms with Gasteiger partial charge in [-0.2, -0.15) is 0 Å². The second-order valence-corrected chi connectivity index (χ2v) is 9.56. The van der Waals surface area contributed by atoms with Crippen LogP contribution in [0.2, 0.25) is 40.2 Å². The van der Waals surface area contributed by atoms with Gasteiger partial charge in [0.1, 0.15) is 0 Å². The molecule has 166 valence electrons. The predicted molar refractivity (Wildman–Crippen MR) is 124 cm³/mol. The highest BCUT2D eigenvalue weighted by atomic mass is 35.5. The number of amides is 4. The van der Waals surface area contributed by atoms with Crippen LogP contribution < -0.4 is 0 Å². The molecule has 0 spiro atoms. The normalized spacial score (nSPS) is 15.2.